The number of hydrogen-bond acceptors (Lipinski definition) is 4. The van der Waals surface area contributed by atoms with Crippen molar-refractivity contribution in [3.05, 3.63) is 51.5 Å². The van der Waals surface area contributed by atoms with Gasteiger partial charge in [-0.05, 0) is 69.5 Å². The maximum atomic E-state index is 12.4. The first-order chi connectivity index (χ1) is 13.7. The number of rotatable bonds is 7. The van der Waals surface area contributed by atoms with Crippen LogP contribution in [0.25, 0.3) is 0 Å². The molecule has 2 aromatic carbocycles. The van der Waals surface area contributed by atoms with Gasteiger partial charge in [-0.3, -0.25) is 9.53 Å². The first-order valence-corrected chi connectivity index (χ1v) is 11.4. The van der Waals surface area contributed by atoms with E-state index in [0.717, 1.165) is 35.4 Å². The summed E-state index contributed by atoms with van der Waals surface area (Å²) in [5.41, 5.74) is 1.85. The van der Waals surface area contributed by atoms with E-state index in [-0.39, 0.29) is 0 Å². The highest BCUT2D eigenvalue weighted by Gasteiger charge is 2.34. The molecule has 5 nitrogen and oxygen atoms in total. The second kappa shape index (κ2) is 8.94. The maximum Gasteiger partial charge on any atom is 0.412 e. The summed E-state index contributed by atoms with van der Waals surface area (Å²) < 4.78 is 23.6. The monoisotopic (exact) mass is 455 g/mol. The van der Waals surface area contributed by atoms with Crippen molar-refractivity contribution in [2.75, 3.05) is 17.7 Å². The maximum absolute atomic E-state index is 12.4. The Morgan fingerprint density at radius 1 is 1.14 bits per heavy atom. The molecule has 1 aliphatic heterocycles. The zero-order chi connectivity index (χ0) is 21.2. The smallest absolute Gasteiger partial charge is 0.412 e. The highest BCUT2D eigenvalue weighted by atomic mass is 35.5. The Morgan fingerprint density at radius 2 is 1.90 bits per heavy atom. The molecule has 0 saturated carbocycles. The third-order valence-electron chi connectivity index (χ3n) is 4.68. The van der Waals surface area contributed by atoms with Gasteiger partial charge in [0.15, 0.2) is 0 Å². The van der Waals surface area contributed by atoms with Crippen LogP contribution in [0.4, 0.5) is 10.5 Å². The largest absolute Gasteiger partial charge is 0.494 e. The van der Waals surface area contributed by atoms with Gasteiger partial charge in [0.05, 0.1) is 33.1 Å². The molecule has 1 aliphatic rings. The average Bonchev–Trinajstić information content (AvgIpc) is 2.64. The summed E-state index contributed by atoms with van der Waals surface area (Å²) in [7, 11) is -1.12. The molecule has 8 heteroatoms. The molecule has 1 atom stereocenters. The summed E-state index contributed by atoms with van der Waals surface area (Å²) in [6.45, 7) is 6.14. The highest BCUT2D eigenvalue weighted by molar-refractivity contribution is 7.85. The van der Waals surface area contributed by atoms with Crippen LogP contribution in [-0.2, 0) is 21.1 Å². The van der Waals surface area contributed by atoms with E-state index < -0.39 is 22.5 Å². The van der Waals surface area contributed by atoms with E-state index in [1.165, 1.54) is 0 Å². The second-order valence-corrected chi connectivity index (χ2v) is 9.75. The molecule has 0 bridgehead atoms. The van der Waals surface area contributed by atoms with Gasteiger partial charge >= 0.3 is 6.09 Å². The van der Waals surface area contributed by atoms with Crippen LogP contribution in [0.15, 0.2) is 35.2 Å². The number of nitrogens with one attached hydrogen (secondary N) is 1. The molecule has 0 aliphatic carbocycles. The third kappa shape index (κ3) is 5.24. The van der Waals surface area contributed by atoms with Gasteiger partial charge in [-0.15, -0.1) is 0 Å². The lowest BCUT2D eigenvalue weighted by molar-refractivity contribution is 0.0417. The van der Waals surface area contributed by atoms with E-state index in [2.05, 4.69) is 5.32 Å². The lowest BCUT2D eigenvalue weighted by Crippen LogP contribution is -2.35. The Kier molecular flexibility index (Phi) is 6.76. The molecule has 1 amide bonds. The fourth-order valence-corrected chi connectivity index (χ4v) is 4.69. The first-order valence-electron chi connectivity index (χ1n) is 9.29. The lowest BCUT2D eigenvalue weighted by Gasteiger charge is -2.33. The van der Waals surface area contributed by atoms with E-state index in [0.29, 0.717) is 27.3 Å². The fraction of sp³-hybridized carbons (Fsp3) is 0.381. The standard InChI is InChI=1S/C21H23Cl2NO4S/c1-13-10-14(11-16-19(13)24-20(25)28-21(16,2)3)27-8-4-5-9-29(26)15-6-7-17(22)18(23)12-15/h6-7,10-12H,4-5,8-9H2,1-3H3,(H,24,25). The molecule has 0 saturated heterocycles. The molecular formula is C21H23Cl2NO4S. The van der Waals surface area contributed by atoms with Crippen LogP contribution in [-0.4, -0.2) is 22.7 Å². The number of halogens is 2. The van der Waals surface area contributed by atoms with Crippen molar-refractivity contribution in [3.8, 4) is 5.75 Å². The summed E-state index contributed by atoms with van der Waals surface area (Å²) in [6, 6.07) is 8.84. The van der Waals surface area contributed by atoms with Crippen molar-refractivity contribution < 1.29 is 18.5 Å². The first kappa shape index (κ1) is 21.9. The number of benzene rings is 2. The summed E-state index contributed by atoms with van der Waals surface area (Å²) >= 11 is 11.9. The molecule has 0 aromatic heterocycles. The van der Waals surface area contributed by atoms with Gasteiger partial charge in [-0.2, -0.15) is 0 Å². The van der Waals surface area contributed by atoms with Crippen LogP contribution in [0.2, 0.25) is 10.0 Å². The predicted octanol–water partition coefficient (Wildman–Crippen LogP) is 6.07. The number of aryl methyl sites for hydroxylation is 1. The molecule has 1 heterocycles. The Bertz CT molecular complexity index is 962. The number of carbonyl (C=O) groups is 1. The zero-order valence-electron chi connectivity index (χ0n) is 16.5. The minimum absolute atomic E-state index is 0.409. The van der Waals surface area contributed by atoms with Crippen LogP contribution in [0.3, 0.4) is 0 Å². The molecule has 3 rings (SSSR count). The van der Waals surface area contributed by atoms with Crippen LogP contribution >= 0.6 is 23.2 Å². The van der Waals surface area contributed by atoms with Gasteiger partial charge in [-0.25, -0.2) is 4.79 Å². The van der Waals surface area contributed by atoms with Gasteiger partial charge in [0.25, 0.3) is 0 Å². The van der Waals surface area contributed by atoms with Gasteiger partial charge in [0.1, 0.15) is 11.4 Å². The molecule has 29 heavy (non-hydrogen) atoms. The molecule has 156 valence electrons. The Morgan fingerprint density at radius 3 is 2.62 bits per heavy atom. The van der Waals surface area contributed by atoms with Gasteiger partial charge in [0, 0.05) is 16.2 Å². The lowest BCUT2D eigenvalue weighted by atomic mass is 9.92. The minimum Gasteiger partial charge on any atom is -0.494 e. The van der Waals surface area contributed by atoms with Gasteiger partial charge in [0.2, 0.25) is 0 Å². The van der Waals surface area contributed by atoms with E-state index in [4.69, 9.17) is 32.7 Å². The Labute approximate surface area is 183 Å². The normalized spacial score (nSPS) is 15.8. The zero-order valence-corrected chi connectivity index (χ0v) is 18.8. The highest BCUT2D eigenvalue weighted by Crippen LogP contribution is 2.39. The molecule has 1 N–H and O–H groups in total. The van der Waals surface area contributed by atoms with Crippen molar-refractivity contribution in [1.82, 2.24) is 0 Å². The number of hydrogen-bond donors (Lipinski definition) is 1. The van der Waals surface area contributed by atoms with Crippen LogP contribution in [0.5, 0.6) is 5.75 Å². The van der Waals surface area contributed by atoms with Crippen molar-refractivity contribution >= 4 is 45.8 Å². The number of ether oxygens (including phenoxy) is 2. The summed E-state index contributed by atoms with van der Waals surface area (Å²) in [4.78, 5) is 12.4. The quantitative estimate of drug-likeness (QED) is 0.514. The minimum atomic E-state index is -1.12. The average molecular weight is 456 g/mol. The number of cyclic esters (lactones) is 1. The molecule has 0 fully saturated rings. The molecule has 0 radical (unpaired) electrons. The van der Waals surface area contributed by atoms with Crippen LogP contribution < -0.4 is 10.1 Å². The number of anilines is 1. The number of unbranched alkanes of at least 4 members (excludes halogenated alkanes) is 1. The molecule has 0 spiro atoms. The van der Waals surface area contributed by atoms with E-state index in [1.54, 1.807) is 18.2 Å². The number of fused-ring (bicyclic) bond motifs is 1. The Balaban J connectivity index is 1.53. The van der Waals surface area contributed by atoms with Gasteiger partial charge < -0.3 is 9.47 Å². The topological polar surface area (TPSA) is 64.6 Å². The van der Waals surface area contributed by atoms with E-state index in [9.17, 15) is 9.00 Å². The third-order valence-corrected chi connectivity index (χ3v) is 6.86. The summed E-state index contributed by atoms with van der Waals surface area (Å²) in [5.74, 6) is 1.25. The second-order valence-electron chi connectivity index (χ2n) is 7.37. The Hall–Kier alpha value is -1.76. The number of amides is 1. The van der Waals surface area contributed by atoms with Gasteiger partial charge in [-0.1, -0.05) is 23.2 Å². The summed E-state index contributed by atoms with van der Waals surface area (Å²) in [6.07, 6.45) is 1.07. The molecular weight excluding hydrogens is 433 g/mol. The summed E-state index contributed by atoms with van der Waals surface area (Å²) in [5, 5.41) is 3.62. The number of carbonyl (C=O) groups excluding carboxylic acids is 1. The van der Waals surface area contributed by atoms with Crippen molar-refractivity contribution in [2.24, 2.45) is 0 Å². The van der Waals surface area contributed by atoms with E-state index in [1.807, 2.05) is 32.9 Å². The van der Waals surface area contributed by atoms with Crippen LogP contribution in [0, 0.1) is 6.92 Å². The van der Waals surface area contributed by atoms with Crippen molar-refractivity contribution in [1.29, 1.82) is 0 Å². The van der Waals surface area contributed by atoms with Crippen molar-refractivity contribution in [2.45, 2.75) is 44.1 Å². The molecule has 2 aromatic rings. The predicted molar refractivity (Wildman–Crippen MR) is 117 cm³/mol. The van der Waals surface area contributed by atoms with Crippen molar-refractivity contribution in [3.63, 3.8) is 0 Å². The molecule has 1 unspecified atom stereocenters. The van der Waals surface area contributed by atoms with Crippen LogP contribution in [0.1, 0.15) is 37.8 Å². The SMILES string of the molecule is Cc1cc(OCCCCS(=O)c2ccc(Cl)c(Cl)c2)cc2c1NC(=O)OC2(C)C. The van der Waals surface area contributed by atoms with E-state index >= 15 is 0 Å². The fourth-order valence-electron chi connectivity index (χ4n) is 3.15.